The summed E-state index contributed by atoms with van der Waals surface area (Å²) in [5.41, 5.74) is 2.82. The van der Waals surface area contributed by atoms with Crippen LogP contribution in [0.2, 0.25) is 20.1 Å². The van der Waals surface area contributed by atoms with Crippen molar-refractivity contribution in [1.29, 1.82) is 0 Å². The number of ether oxygens (including phenoxy) is 1. The van der Waals surface area contributed by atoms with E-state index in [1.807, 2.05) is 48.5 Å². The quantitative estimate of drug-likeness (QED) is 0.440. The van der Waals surface area contributed by atoms with Crippen LogP contribution >= 0.6 is 46.4 Å². The average Bonchev–Trinajstić information content (AvgIpc) is 2.63. The van der Waals surface area contributed by atoms with Gasteiger partial charge in [-0.3, -0.25) is 0 Å². The van der Waals surface area contributed by atoms with Gasteiger partial charge in [0.25, 0.3) is 0 Å². The molecule has 2 nitrogen and oxygen atoms in total. The number of halogens is 4. The maximum absolute atomic E-state index is 6.34. The Bertz CT molecular complexity index is 914. The zero-order chi connectivity index (χ0) is 18.5. The van der Waals surface area contributed by atoms with Crippen molar-refractivity contribution in [2.45, 2.75) is 13.2 Å². The Balaban J connectivity index is 1.61. The Morgan fingerprint density at radius 1 is 0.731 bits per heavy atom. The smallest absolute Gasteiger partial charge is 0.138 e. The van der Waals surface area contributed by atoms with E-state index in [0.29, 0.717) is 39.0 Å². The second kappa shape index (κ2) is 8.88. The van der Waals surface area contributed by atoms with Gasteiger partial charge in [0.15, 0.2) is 0 Å². The van der Waals surface area contributed by atoms with Crippen molar-refractivity contribution in [1.82, 2.24) is 0 Å². The van der Waals surface area contributed by atoms with Gasteiger partial charge in [0.05, 0.1) is 15.1 Å². The summed E-state index contributed by atoms with van der Waals surface area (Å²) in [7, 11) is 0. The predicted octanol–water partition coefficient (Wildman–Crippen LogP) is 7.49. The summed E-state index contributed by atoms with van der Waals surface area (Å²) in [6.07, 6.45) is 0. The Kier molecular flexibility index (Phi) is 6.55. The SMILES string of the molecule is Clc1ccc(NCc2ccc(OCc3ccccc3Cl)c(Cl)c2)cc1Cl. The Morgan fingerprint density at radius 3 is 2.27 bits per heavy atom. The van der Waals surface area contributed by atoms with Crippen molar-refractivity contribution in [3.8, 4) is 5.75 Å². The van der Waals surface area contributed by atoms with E-state index < -0.39 is 0 Å². The zero-order valence-corrected chi connectivity index (χ0v) is 16.6. The summed E-state index contributed by atoms with van der Waals surface area (Å²) in [5.74, 6) is 0.616. The number of benzene rings is 3. The van der Waals surface area contributed by atoms with Crippen LogP contribution in [0.3, 0.4) is 0 Å². The molecule has 1 N–H and O–H groups in total. The van der Waals surface area contributed by atoms with Crippen LogP contribution in [0.1, 0.15) is 11.1 Å². The van der Waals surface area contributed by atoms with Gasteiger partial charge in [-0.2, -0.15) is 0 Å². The third-order valence-electron chi connectivity index (χ3n) is 3.75. The fourth-order valence-corrected chi connectivity index (χ4v) is 3.10. The number of nitrogens with one attached hydrogen (secondary N) is 1. The van der Waals surface area contributed by atoms with E-state index in [-0.39, 0.29) is 0 Å². The van der Waals surface area contributed by atoms with Gasteiger partial charge < -0.3 is 10.1 Å². The molecule has 0 amide bonds. The van der Waals surface area contributed by atoms with E-state index >= 15 is 0 Å². The van der Waals surface area contributed by atoms with Crippen molar-refractivity contribution in [2.24, 2.45) is 0 Å². The summed E-state index contributed by atoms with van der Waals surface area (Å²) in [5, 5.41) is 5.54. The van der Waals surface area contributed by atoms with Gasteiger partial charge >= 0.3 is 0 Å². The van der Waals surface area contributed by atoms with E-state index in [9.17, 15) is 0 Å². The fraction of sp³-hybridized carbons (Fsp3) is 0.100. The summed E-state index contributed by atoms with van der Waals surface area (Å²) in [6.45, 7) is 0.961. The van der Waals surface area contributed by atoms with Gasteiger partial charge in [-0.25, -0.2) is 0 Å². The molecule has 3 aromatic rings. The largest absolute Gasteiger partial charge is 0.487 e. The van der Waals surface area contributed by atoms with Crippen molar-refractivity contribution >= 4 is 52.1 Å². The van der Waals surface area contributed by atoms with Gasteiger partial charge in [0.1, 0.15) is 12.4 Å². The van der Waals surface area contributed by atoms with Gasteiger partial charge in [0, 0.05) is 22.8 Å². The molecule has 0 aliphatic rings. The van der Waals surface area contributed by atoms with E-state index in [4.69, 9.17) is 51.1 Å². The maximum Gasteiger partial charge on any atom is 0.138 e. The highest BCUT2D eigenvalue weighted by Gasteiger charge is 2.06. The predicted molar refractivity (Wildman–Crippen MR) is 111 cm³/mol. The highest BCUT2D eigenvalue weighted by Crippen LogP contribution is 2.28. The highest BCUT2D eigenvalue weighted by atomic mass is 35.5. The molecule has 0 heterocycles. The van der Waals surface area contributed by atoms with Crippen molar-refractivity contribution in [3.63, 3.8) is 0 Å². The molecular weight excluding hydrogens is 412 g/mol. The molecule has 0 saturated heterocycles. The molecule has 0 aromatic heterocycles. The van der Waals surface area contributed by atoms with E-state index in [1.54, 1.807) is 12.1 Å². The first-order valence-electron chi connectivity index (χ1n) is 7.86. The van der Waals surface area contributed by atoms with Crippen molar-refractivity contribution < 1.29 is 4.74 Å². The summed E-state index contributed by atoms with van der Waals surface area (Å²) in [4.78, 5) is 0. The first-order chi connectivity index (χ1) is 12.5. The lowest BCUT2D eigenvalue weighted by atomic mass is 10.2. The summed E-state index contributed by atoms with van der Waals surface area (Å²) >= 11 is 24.4. The third kappa shape index (κ3) is 4.99. The van der Waals surface area contributed by atoms with Crippen LogP contribution in [0.5, 0.6) is 5.75 Å². The minimum atomic E-state index is 0.361. The summed E-state index contributed by atoms with van der Waals surface area (Å²) in [6, 6.07) is 18.6. The minimum absolute atomic E-state index is 0.361. The Labute approximate surface area is 172 Å². The summed E-state index contributed by atoms with van der Waals surface area (Å²) < 4.78 is 5.78. The van der Waals surface area contributed by atoms with E-state index in [2.05, 4.69) is 5.32 Å². The van der Waals surface area contributed by atoms with E-state index in [1.165, 1.54) is 0 Å². The topological polar surface area (TPSA) is 21.3 Å². The number of rotatable bonds is 6. The molecule has 0 bridgehead atoms. The third-order valence-corrected chi connectivity index (χ3v) is 5.16. The van der Waals surface area contributed by atoms with Crippen LogP contribution in [0.15, 0.2) is 60.7 Å². The van der Waals surface area contributed by atoms with Crippen molar-refractivity contribution in [3.05, 3.63) is 91.9 Å². The average molecular weight is 427 g/mol. The second-order valence-corrected chi connectivity index (χ2v) is 7.26. The first-order valence-corrected chi connectivity index (χ1v) is 9.37. The Morgan fingerprint density at radius 2 is 1.54 bits per heavy atom. The Hall–Kier alpha value is -1.58. The first kappa shape index (κ1) is 19.2. The highest BCUT2D eigenvalue weighted by molar-refractivity contribution is 6.42. The fourth-order valence-electron chi connectivity index (χ4n) is 2.35. The van der Waals surface area contributed by atoms with Gasteiger partial charge in [-0.1, -0.05) is 70.7 Å². The van der Waals surface area contributed by atoms with Crippen molar-refractivity contribution in [2.75, 3.05) is 5.32 Å². The number of anilines is 1. The van der Waals surface area contributed by atoms with Gasteiger partial charge in [0.2, 0.25) is 0 Å². The van der Waals surface area contributed by atoms with Crippen LogP contribution in [0.25, 0.3) is 0 Å². The van der Waals surface area contributed by atoms with Crippen LogP contribution < -0.4 is 10.1 Å². The molecule has 0 fully saturated rings. The standard InChI is InChI=1S/C20H15Cl4NO/c21-16-4-2-1-3-14(16)12-26-20-8-5-13(9-19(20)24)11-25-15-6-7-17(22)18(23)10-15/h1-10,25H,11-12H2. The molecular formula is C20H15Cl4NO. The van der Waals surface area contributed by atoms with Crippen LogP contribution in [0.4, 0.5) is 5.69 Å². The second-order valence-electron chi connectivity index (χ2n) is 5.63. The molecule has 26 heavy (non-hydrogen) atoms. The minimum Gasteiger partial charge on any atom is -0.487 e. The molecule has 0 atom stereocenters. The molecule has 3 aromatic carbocycles. The van der Waals surface area contributed by atoms with Gasteiger partial charge in [-0.05, 0) is 42.0 Å². The molecule has 0 radical (unpaired) electrons. The normalized spacial score (nSPS) is 10.6. The molecule has 0 unspecified atom stereocenters. The lowest BCUT2D eigenvalue weighted by Gasteiger charge is -2.12. The lowest BCUT2D eigenvalue weighted by Crippen LogP contribution is -2.01. The van der Waals surface area contributed by atoms with E-state index in [0.717, 1.165) is 16.8 Å². The van der Waals surface area contributed by atoms with Gasteiger partial charge in [-0.15, -0.1) is 0 Å². The number of hydrogen-bond donors (Lipinski definition) is 1. The molecule has 134 valence electrons. The molecule has 0 aliphatic carbocycles. The van der Waals surface area contributed by atoms with Crippen LogP contribution in [0, 0.1) is 0 Å². The zero-order valence-electron chi connectivity index (χ0n) is 13.6. The molecule has 0 aliphatic heterocycles. The molecule has 6 heteroatoms. The maximum atomic E-state index is 6.34. The molecule has 3 rings (SSSR count). The molecule has 0 spiro atoms. The monoisotopic (exact) mass is 425 g/mol. The molecule has 0 saturated carbocycles. The van der Waals surface area contributed by atoms with Crippen LogP contribution in [-0.2, 0) is 13.2 Å². The number of hydrogen-bond acceptors (Lipinski definition) is 2. The van der Waals surface area contributed by atoms with Crippen LogP contribution in [-0.4, -0.2) is 0 Å². The lowest BCUT2D eigenvalue weighted by molar-refractivity contribution is 0.306.